The molecule has 0 aromatic rings. The standard InChI is InChI=1S/C16H27BrO3/c1-3-11-7-5-6-8-14(11)20-15-10-12(9-13(15)17)16(18)19-4-2/h11-15H,3-10H2,1-2H3. The molecule has 2 aliphatic carbocycles. The number of alkyl halides is 1. The number of ether oxygens (including phenoxy) is 2. The zero-order valence-electron chi connectivity index (χ0n) is 12.6. The van der Waals surface area contributed by atoms with E-state index in [1.54, 1.807) is 0 Å². The van der Waals surface area contributed by atoms with Crippen LogP contribution in [-0.4, -0.2) is 29.6 Å². The molecule has 5 atom stereocenters. The minimum absolute atomic E-state index is 0.00740. The van der Waals surface area contributed by atoms with Crippen molar-refractivity contribution in [3.8, 4) is 0 Å². The maximum atomic E-state index is 11.9. The van der Waals surface area contributed by atoms with Crippen molar-refractivity contribution in [3.63, 3.8) is 0 Å². The predicted octanol–water partition coefficient (Wildman–Crippen LogP) is 4.08. The van der Waals surface area contributed by atoms with Crippen LogP contribution in [0.5, 0.6) is 0 Å². The zero-order valence-corrected chi connectivity index (χ0v) is 14.2. The highest BCUT2D eigenvalue weighted by molar-refractivity contribution is 9.09. The van der Waals surface area contributed by atoms with E-state index in [0.29, 0.717) is 18.6 Å². The first kappa shape index (κ1) is 16.3. The first-order valence-electron chi connectivity index (χ1n) is 8.11. The van der Waals surface area contributed by atoms with Gasteiger partial charge in [-0.1, -0.05) is 42.1 Å². The van der Waals surface area contributed by atoms with Gasteiger partial charge in [-0.2, -0.15) is 0 Å². The number of carbonyl (C=O) groups is 1. The Bertz CT molecular complexity index is 321. The van der Waals surface area contributed by atoms with Crippen LogP contribution in [0.15, 0.2) is 0 Å². The lowest BCUT2D eigenvalue weighted by molar-refractivity contribution is -0.148. The maximum absolute atomic E-state index is 11.9. The van der Waals surface area contributed by atoms with E-state index >= 15 is 0 Å². The molecule has 20 heavy (non-hydrogen) atoms. The summed E-state index contributed by atoms with van der Waals surface area (Å²) in [6.45, 7) is 4.59. The van der Waals surface area contributed by atoms with Crippen molar-refractivity contribution in [2.24, 2.45) is 11.8 Å². The van der Waals surface area contributed by atoms with Gasteiger partial charge in [-0.05, 0) is 38.5 Å². The van der Waals surface area contributed by atoms with Crippen LogP contribution in [0.1, 0.15) is 58.8 Å². The summed E-state index contributed by atoms with van der Waals surface area (Å²) < 4.78 is 11.5. The molecular formula is C16H27BrO3. The monoisotopic (exact) mass is 346 g/mol. The van der Waals surface area contributed by atoms with Gasteiger partial charge >= 0.3 is 5.97 Å². The molecule has 0 N–H and O–H groups in total. The summed E-state index contributed by atoms with van der Waals surface area (Å²) in [5, 5.41) is 0. The molecule has 4 heteroatoms. The van der Waals surface area contributed by atoms with Gasteiger partial charge in [0.05, 0.1) is 24.7 Å². The maximum Gasteiger partial charge on any atom is 0.309 e. The first-order chi connectivity index (χ1) is 9.65. The molecule has 0 aromatic carbocycles. The Morgan fingerprint density at radius 2 is 1.90 bits per heavy atom. The number of hydrogen-bond donors (Lipinski definition) is 0. The van der Waals surface area contributed by atoms with Crippen LogP contribution in [0.4, 0.5) is 0 Å². The van der Waals surface area contributed by atoms with Gasteiger partial charge in [0, 0.05) is 4.83 Å². The number of halogens is 1. The number of rotatable bonds is 5. The van der Waals surface area contributed by atoms with E-state index in [4.69, 9.17) is 9.47 Å². The Morgan fingerprint density at radius 3 is 2.60 bits per heavy atom. The van der Waals surface area contributed by atoms with Crippen LogP contribution >= 0.6 is 15.9 Å². The molecule has 0 amide bonds. The molecular weight excluding hydrogens is 320 g/mol. The first-order valence-corrected chi connectivity index (χ1v) is 9.03. The SMILES string of the molecule is CCOC(=O)C1CC(Br)C(OC2CCCCC2CC)C1. The van der Waals surface area contributed by atoms with E-state index in [9.17, 15) is 4.79 Å². The van der Waals surface area contributed by atoms with Gasteiger partial charge in [-0.15, -0.1) is 0 Å². The van der Waals surface area contributed by atoms with E-state index in [2.05, 4.69) is 22.9 Å². The lowest BCUT2D eigenvalue weighted by Crippen LogP contribution is -2.33. The minimum atomic E-state index is -0.0567. The molecule has 2 rings (SSSR count). The van der Waals surface area contributed by atoms with Crippen molar-refractivity contribution < 1.29 is 14.3 Å². The molecule has 116 valence electrons. The van der Waals surface area contributed by atoms with Crippen molar-refractivity contribution >= 4 is 21.9 Å². The highest BCUT2D eigenvalue weighted by Crippen LogP contribution is 2.38. The second kappa shape index (κ2) is 7.79. The molecule has 2 fully saturated rings. The third kappa shape index (κ3) is 3.97. The quantitative estimate of drug-likeness (QED) is 0.555. The topological polar surface area (TPSA) is 35.5 Å². The van der Waals surface area contributed by atoms with Gasteiger partial charge in [0.2, 0.25) is 0 Å². The number of esters is 1. The van der Waals surface area contributed by atoms with Crippen LogP contribution in [0.3, 0.4) is 0 Å². The van der Waals surface area contributed by atoms with Gasteiger partial charge in [-0.3, -0.25) is 4.79 Å². The molecule has 0 saturated heterocycles. The van der Waals surface area contributed by atoms with Crippen LogP contribution in [-0.2, 0) is 14.3 Å². The normalized spacial score (nSPS) is 37.9. The molecule has 0 aliphatic heterocycles. The summed E-state index contributed by atoms with van der Waals surface area (Å²) in [7, 11) is 0. The summed E-state index contributed by atoms with van der Waals surface area (Å²) in [4.78, 5) is 12.1. The Kier molecular flexibility index (Phi) is 6.34. The Hall–Kier alpha value is -0.0900. The van der Waals surface area contributed by atoms with E-state index in [0.717, 1.165) is 12.8 Å². The van der Waals surface area contributed by atoms with Crippen molar-refractivity contribution in [2.45, 2.75) is 75.8 Å². The van der Waals surface area contributed by atoms with Crippen molar-refractivity contribution in [2.75, 3.05) is 6.61 Å². The summed E-state index contributed by atoms with van der Waals surface area (Å²) in [6.07, 6.45) is 8.50. The third-order valence-corrected chi connectivity index (χ3v) is 5.73. The molecule has 0 bridgehead atoms. The van der Waals surface area contributed by atoms with Crippen LogP contribution in [0.2, 0.25) is 0 Å². The second-order valence-corrected chi connectivity index (χ2v) is 7.28. The Labute approximate surface area is 130 Å². The fraction of sp³-hybridized carbons (Fsp3) is 0.938. The van der Waals surface area contributed by atoms with Crippen LogP contribution in [0, 0.1) is 11.8 Å². The molecule has 0 spiro atoms. The smallest absolute Gasteiger partial charge is 0.309 e. The predicted molar refractivity (Wildman–Crippen MR) is 83.0 cm³/mol. The Balaban J connectivity index is 1.87. The van der Waals surface area contributed by atoms with Gasteiger partial charge in [0.15, 0.2) is 0 Å². The summed E-state index contributed by atoms with van der Waals surface area (Å²) in [5.74, 6) is 0.650. The molecule has 0 radical (unpaired) electrons. The highest BCUT2D eigenvalue weighted by Gasteiger charge is 2.40. The van der Waals surface area contributed by atoms with E-state index in [1.165, 1.54) is 32.1 Å². The van der Waals surface area contributed by atoms with E-state index in [1.807, 2.05) is 6.92 Å². The largest absolute Gasteiger partial charge is 0.466 e. The minimum Gasteiger partial charge on any atom is -0.466 e. The molecule has 0 aromatic heterocycles. The van der Waals surface area contributed by atoms with Crippen LogP contribution < -0.4 is 0 Å². The van der Waals surface area contributed by atoms with Gasteiger partial charge in [-0.25, -0.2) is 0 Å². The molecule has 3 nitrogen and oxygen atoms in total. The van der Waals surface area contributed by atoms with E-state index in [-0.39, 0.29) is 22.8 Å². The second-order valence-electron chi connectivity index (χ2n) is 6.10. The average molecular weight is 347 g/mol. The molecule has 5 unspecified atom stereocenters. The zero-order chi connectivity index (χ0) is 14.5. The molecule has 2 aliphatic rings. The van der Waals surface area contributed by atoms with Crippen molar-refractivity contribution in [3.05, 3.63) is 0 Å². The van der Waals surface area contributed by atoms with Gasteiger partial charge in [0.25, 0.3) is 0 Å². The fourth-order valence-corrected chi connectivity index (χ4v) is 4.38. The summed E-state index contributed by atoms with van der Waals surface area (Å²) in [5.41, 5.74) is 0. The third-order valence-electron chi connectivity index (χ3n) is 4.76. The Morgan fingerprint density at radius 1 is 1.15 bits per heavy atom. The van der Waals surface area contributed by atoms with Crippen molar-refractivity contribution in [1.82, 2.24) is 0 Å². The van der Waals surface area contributed by atoms with Gasteiger partial charge in [0.1, 0.15) is 0 Å². The molecule has 0 heterocycles. The van der Waals surface area contributed by atoms with E-state index < -0.39 is 0 Å². The lowest BCUT2D eigenvalue weighted by atomic mass is 9.84. The van der Waals surface area contributed by atoms with Crippen LogP contribution in [0.25, 0.3) is 0 Å². The lowest BCUT2D eigenvalue weighted by Gasteiger charge is -2.33. The summed E-state index contributed by atoms with van der Waals surface area (Å²) in [6, 6.07) is 0. The number of carbonyl (C=O) groups excluding carboxylic acids is 1. The van der Waals surface area contributed by atoms with Crippen molar-refractivity contribution in [1.29, 1.82) is 0 Å². The highest BCUT2D eigenvalue weighted by atomic mass is 79.9. The average Bonchev–Trinajstić information content (AvgIpc) is 2.81. The summed E-state index contributed by atoms with van der Waals surface area (Å²) >= 11 is 3.70. The number of hydrogen-bond acceptors (Lipinski definition) is 3. The van der Waals surface area contributed by atoms with Gasteiger partial charge < -0.3 is 9.47 Å². The fourth-order valence-electron chi connectivity index (χ4n) is 3.59. The molecule has 2 saturated carbocycles.